The average molecular weight is 291 g/mol. The summed E-state index contributed by atoms with van der Waals surface area (Å²) in [4.78, 5) is 4.32. The third kappa shape index (κ3) is 3.16. The summed E-state index contributed by atoms with van der Waals surface area (Å²) < 4.78 is 8.43. The Morgan fingerprint density at radius 3 is 2.90 bits per heavy atom. The molecular weight excluding hydrogens is 262 g/mol. The zero-order chi connectivity index (χ0) is 14.7. The molecule has 2 fully saturated rings. The molecule has 1 aliphatic heterocycles. The molecular formula is C17H29N3O. The Morgan fingerprint density at radius 2 is 2.24 bits per heavy atom. The minimum Gasteiger partial charge on any atom is -0.375 e. The molecule has 0 bridgehead atoms. The van der Waals surface area contributed by atoms with Crippen molar-refractivity contribution in [3.8, 4) is 0 Å². The van der Waals surface area contributed by atoms with Crippen LogP contribution in [0.1, 0.15) is 63.6 Å². The molecule has 2 unspecified atom stereocenters. The monoisotopic (exact) mass is 291 g/mol. The van der Waals surface area contributed by atoms with Gasteiger partial charge in [-0.3, -0.25) is 0 Å². The first-order valence-corrected chi connectivity index (χ1v) is 8.58. The van der Waals surface area contributed by atoms with Crippen LogP contribution in [0.25, 0.3) is 0 Å². The molecule has 1 spiro atoms. The maximum Gasteiger partial charge on any atom is 0.0946 e. The van der Waals surface area contributed by atoms with Crippen LogP contribution < -0.4 is 5.32 Å². The van der Waals surface area contributed by atoms with Gasteiger partial charge < -0.3 is 14.6 Å². The standard InChI is InChI=1S/C17H29N3O/c1-3-19-16(15-12-18-13-20(15)2)14-7-10-21-17(11-14)8-5-4-6-9-17/h12-14,16,19H,3-11H2,1-2H3. The highest BCUT2D eigenvalue weighted by molar-refractivity contribution is 5.08. The largest absolute Gasteiger partial charge is 0.375 e. The van der Waals surface area contributed by atoms with Crippen LogP contribution in [0.2, 0.25) is 0 Å². The normalized spacial score (nSPS) is 26.9. The van der Waals surface area contributed by atoms with E-state index in [-0.39, 0.29) is 5.60 Å². The van der Waals surface area contributed by atoms with Gasteiger partial charge in [-0.2, -0.15) is 0 Å². The molecule has 0 radical (unpaired) electrons. The molecule has 1 aromatic heterocycles. The summed E-state index contributed by atoms with van der Waals surface area (Å²) in [6.07, 6.45) is 12.9. The fourth-order valence-electron chi connectivity index (χ4n) is 4.29. The van der Waals surface area contributed by atoms with Crippen LogP contribution >= 0.6 is 0 Å². The van der Waals surface area contributed by atoms with E-state index in [4.69, 9.17) is 4.74 Å². The molecule has 1 saturated carbocycles. The van der Waals surface area contributed by atoms with Gasteiger partial charge in [0.15, 0.2) is 0 Å². The van der Waals surface area contributed by atoms with Gasteiger partial charge in [-0.1, -0.05) is 26.2 Å². The molecule has 0 amide bonds. The van der Waals surface area contributed by atoms with E-state index >= 15 is 0 Å². The number of aromatic nitrogens is 2. The predicted molar refractivity (Wildman–Crippen MR) is 84.1 cm³/mol. The molecule has 1 aromatic rings. The molecule has 0 aromatic carbocycles. The van der Waals surface area contributed by atoms with Crippen LogP contribution in [0.5, 0.6) is 0 Å². The fourth-order valence-corrected chi connectivity index (χ4v) is 4.29. The van der Waals surface area contributed by atoms with E-state index in [9.17, 15) is 0 Å². The Bertz CT molecular complexity index is 445. The first kappa shape index (κ1) is 15.0. The van der Waals surface area contributed by atoms with Gasteiger partial charge in [0.1, 0.15) is 0 Å². The molecule has 2 aliphatic rings. The third-order valence-corrected chi connectivity index (χ3v) is 5.36. The second-order valence-corrected chi connectivity index (χ2v) is 6.81. The molecule has 118 valence electrons. The van der Waals surface area contributed by atoms with Gasteiger partial charge in [-0.25, -0.2) is 4.98 Å². The molecule has 4 heteroatoms. The van der Waals surface area contributed by atoms with E-state index < -0.39 is 0 Å². The molecule has 4 nitrogen and oxygen atoms in total. The van der Waals surface area contributed by atoms with Crippen molar-refractivity contribution in [3.63, 3.8) is 0 Å². The van der Waals surface area contributed by atoms with Crippen molar-refractivity contribution in [1.82, 2.24) is 14.9 Å². The van der Waals surface area contributed by atoms with E-state index in [0.29, 0.717) is 12.0 Å². The maximum absolute atomic E-state index is 6.26. The van der Waals surface area contributed by atoms with E-state index in [1.165, 1.54) is 44.2 Å². The Balaban J connectivity index is 1.77. The number of rotatable bonds is 4. The highest BCUT2D eigenvalue weighted by Crippen LogP contribution is 2.44. The second kappa shape index (κ2) is 6.49. The summed E-state index contributed by atoms with van der Waals surface area (Å²) in [5, 5.41) is 3.70. The van der Waals surface area contributed by atoms with Crippen molar-refractivity contribution >= 4 is 0 Å². The summed E-state index contributed by atoms with van der Waals surface area (Å²) >= 11 is 0. The first-order valence-electron chi connectivity index (χ1n) is 8.58. The molecule has 1 N–H and O–H groups in total. The van der Waals surface area contributed by atoms with E-state index in [0.717, 1.165) is 19.6 Å². The lowest BCUT2D eigenvalue weighted by molar-refractivity contribution is -0.122. The molecule has 2 heterocycles. The lowest BCUT2D eigenvalue weighted by Crippen LogP contribution is -2.45. The minimum atomic E-state index is 0.174. The topological polar surface area (TPSA) is 39.1 Å². The molecule has 3 rings (SSSR count). The maximum atomic E-state index is 6.26. The summed E-state index contributed by atoms with van der Waals surface area (Å²) in [6.45, 7) is 4.11. The zero-order valence-corrected chi connectivity index (χ0v) is 13.5. The number of imidazole rings is 1. The van der Waals surface area contributed by atoms with Crippen molar-refractivity contribution in [2.45, 2.75) is 63.5 Å². The first-order chi connectivity index (χ1) is 10.2. The van der Waals surface area contributed by atoms with Crippen LogP contribution in [-0.2, 0) is 11.8 Å². The summed E-state index contributed by atoms with van der Waals surface area (Å²) in [6, 6.07) is 0.408. The average Bonchev–Trinajstić information content (AvgIpc) is 2.91. The van der Waals surface area contributed by atoms with Crippen molar-refractivity contribution in [1.29, 1.82) is 0 Å². The Morgan fingerprint density at radius 1 is 1.43 bits per heavy atom. The number of nitrogens with one attached hydrogen (secondary N) is 1. The fraction of sp³-hybridized carbons (Fsp3) is 0.824. The number of ether oxygens (including phenoxy) is 1. The molecule has 21 heavy (non-hydrogen) atoms. The van der Waals surface area contributed by atoms with Gasteiger partial charge in [-0.15, -0.1) is 0 Å². The van der Waals surface area contributed by atoms with Gasteiger partial charge in [-0.05, 0) is 38.1 Å². The number of nitrogens with zero attached hydrogens (tertiary/aromatic N) is 2. The number of aryl methyl sites for hydroxylation is 1. The van der Waals surface area contributed by atoms with Gasteiger partial charge in [0, 0.05) is 19.9 Å². The van der Waals surface area contributed by atoms with Crippen LogP contribution in [0, 0.1) is 5.92 Å². The molecule has 2 atom stereocenters. The summed E-state index contributed by atoms with van der Waals surface area (Å²) in [5.74, 6) is 0.659. The number of hydrogen-bond donors (Lipinski definition) is 1. The van der Waals surface area contributed by atoms with Crippen molar-refractivity contribution in [3.05, 3.63) is 18.2 Å². The van der Waals surface area contributed by atoms with E-state index in [2.05, 4.69) is 28.8 Å². The van der Waals surface area contributed by atoms with Crippen molar-refractivity contribution in [2.75, 3.05) is 13.2 Å². The van der Waals surface area contributed by atoms with Gasteiger partial charge in [0.05, 0.1) is 23.7 Å². The van der Waals surface area contributed by atoms with Gasteiger partial charge in [0.2, 0.25) is 0 Å². The Hall–Kier alpha value is -0.870. The summed E-state index contributed by atoms with van der Waals surface area (Å²) in [5.41, 5.74) is 1.49. The quantitative estimate of drug-likeness (QED) is 0.926. The summed E-state index contributed by atoms with van der Waals surface area (Å²) in [7, 11) is 2.10. The SMILES string of the molecule is CCNC(c1cncn1C)C1CCOC2(CCCCC2)C1. The van der Waals surface area contributed by atoms with E-state index in [1.807, 2.05) is 12.5 Å². The van der Waals surface area contributed by atoms with Crippen LogP contribution in [0.15, 0.2) is 12.5 Å². The van der Waals surface area contributed by atoms with Crippen LogP contribution in [0.3, 0.4) is 0 Å². The van der Waals surface area contributed by atoms with Crippen LogP contribution in [0.4, 0.5) is 0 Å². The Labute approximate surface area is 128 Å². The van der Waals surface area contributed by atoms with E-state index in [1.54, 1.807) is 0 Å². The zero-order valence-electron chi connectivity index (χ0n) is 13.5. The Kier molecular flexibility index (Phi) is 4.65. The lowest BCUT2D eigenvalue weighted by atomic mass is 9.73. The smallest absolute Gasteiger partial charge is 0.0946 e. The number of hydrogen-bond acceptors (Lipinski definition) is 3. The second-order valence-electron chi connectivity index (χ2n) is 6.81. The molecule has 1 saturated heterocycles. The third-order valence-electron chi connectivity index (χ3n) is 5.36. The highest BCUT2D eigenvalue weighted by Gasteiger charge is 2.41. The van der Waals surface area contributed by atoms with Crippen molar-refractivity contribution < 1.29 is 4.74 Å². The van der Waals surface area contributed by atoms with Crippen LogP contribution in [-0.4, -0.2) is 28.3 Å². The van der Waals surface area contributed by atoms with Gasteiger partial charge >= 0.3 is 0 Å². The van der Waals surface area contributed by atoms with Gasteiger partial charge in [0.25, 0.3) is 0 Å². The molecule has 1 aliphatic carbocycles. The minimum absolute atomic E-state index is 0.174. The van der Waals surface area contributed by atoms with Crippen molar-refractivity contribution in [2.24, 2.45) is 13.0 Å². The lowest BCUT2D eigenvalue weighted by Gasteiger charge is -2.45. The predicted octanol–water partition coefficient (Wildman–Crippen LogP) is 3.20. The highest BCUT2D eigenvalue weighted by atomic mass is 16.5.